The highest BCUT2D eigenvalue weighted by Crippen LogP contribution is 2.41. The molecule has 0 spiro atoms. The monoisotopic (exact) mass is 390 g/mol. The minimum absolute atomic E-state index is 0.00165. The Morgan fingerprint density at radius 1 is 1.33 bits per heavy atom. The fourth-order valence-corrected chi connectivity index (χ4v) is 3.90. The second-order valence-corrected chi connectivity index (χ2v) is 8.08. The zero-order chi connectivity index (χ0) is 19.2. The molecular formula is C20H27FN4OS. The van der Waals surface area contributed by atoms with Gasteiger partial charge in [-0.3, -0.25) is 9.36 Å². The van der Waals surface area contributed by atoms with Gasteiger partial charge in [-0.15, -0.1) is 10.2 Å². The average Bonchev–Trinajstić information content (AvgIpc) is 3.40. The molecule has 1 fully saturated rings. The standard InChI is InChI=1S/C20H27FN4OS/c1-3-4-5-8-14(2)22-18(26)13-27-20-24-23-19(25(20)15-11-12-15)16-9-6-7-10-17(16)21/h6-7,9-10,14-15H,3-5,8,11-13H2,1-2H3,(H,22,26)/t14-/m0/s1. The highest BCUT2D eigenvalue weighted by atomic mass is 32.2. The summed E-state index contributed by atoms with van der Waals surface area (Å²) in [5, 5.41) is 12.2. The summed E-state index contributed by atoms with van der Waals surface area (Å²) < 4.78 is 16.2. The number of unbranched alkanes of at least 4 members (excludes halogenated alkanes) is 2. The van der Waals surface area contributed by atoms with Crippen LogP contribution in [0, 0.1) is 5.82 Å². The van der Waals surface area contributed by atoms with Crippen molar-refractivity contribution in [2.24, 2.45) is 0 Å². The van der Waals surface area contributed by atoms with Gasteiger partial charge in [0.05, 0.1) is 11.3 Å². The quantitative estimate of drug-likeness (QED) is 0.476. The van der Waals surface area contributed by atoms with Crippen LogP contribution in [0.2, 0.25) is 0 Å². The number of hydrogen-bond donors (Lipinski definition) is 1. The van der Waals surface area contributed by atoms with Crippen molar-refractivity contribution in [1.82, 2.24) is 20.1 Å². The van der Waals surface area contributed by atoms with Crippen molar-refractivity contribution in [2.75, 3.05) is 5.75 Å². The number of amides is 1. The summed E-state index contributed by atoms with van der Waals surface area (Å²) >= 11 is 1.37. The van der Waals surface area contributed by atoms with E-state index in [1.54, 1.807) is 18.2 Å². The largest absolute Gasteiger partial charge is 0.353 e. The molecule has 0 saturated heterocycles. The van der Waals surface area contributed by atoms with Crippen LogP contribution in [0.1, 0.15) is 58.4 Å². The van der Waals surface area contributed by atoms with Crippen LogP contribution in [-0.4, -0.2) is 32.5 Å². The number of hydrogen-bond acceptors (Lipinski definition) is 4. The lowest BCUT2D eigenvalue weighted by Crippen LogP contribution is -2.33. The summed E-state index contributed by atoms with van der Waals surface area (Å²) in [4.78, 5) is 12.2. The second kappa shape index (κ2) is 9.35. The molecule has 3 rings (SSSR count). The number of aromatic nitrogens is 3. The van der Waals surface area contributed by atoms with Gasteiger partial charge < -0.3 is 5.32 Å². The van der Waals surface area contributed by atoms with Crippen molar-refractivity contribution in [2.45, 2.75) is 69.6 Å². The second-order valence-electron chi connectivity index (χ2n) is 7.14. The van der Waals surface area contributed by atoms with Gasteiger partial charge >= 0.3 is 0 Å². The molecule has 1 atom stereocenters. The molecule has 7 heteroatoms. The lowest BCUT2D eigenvalue weighted by Gasteiger charge is -2.13. The van der Waals surface area contributed by atoms with Gasteiger partial charge in [-0.1, -0.05) is 50.1 Å². The van der Waals surface area contributed by atoms with Gasteiger partial charge in [-0.05, 0) is 38.3 Å². The van der Waals surface area contributed by atoms with Gasteiger partial charge in [0.2, 0.25) is 5.91 Å². The number of benzene rings is 1. The molecule has 0 radical (unpaired) electrons. The Morgan fingerprint density at radius 3 is 2.81 bits per heavy atom. The van der Waals surface area contributed by atoms with Crippen molar-refractivity contribution in [1.29, 1.82) is 0 Å². The molecule has 146 valence electrons. The first kappa shape index (κ1) is 19.9. The van der Waals surface area contributed by atoms with Crippen LogP contribution in [-0.2, 0) is 4.79 Å². The summed E-state index contributed by atoms with van der Waals surface area (Å²) in [6, 6.07) is 7.09. The molecular weight excluding hydrogens is 363 g/mol. The third-order valence-electron chi connectivity index (χ3n) is 4.67. The average molecular weight is 391 g/mol. The molecule has 5 nitrogen and oxygen atoms in total. The molecule has 0 bridgehead atoms. The maximum Gasteiger partial charge on any atom is 0.230 e. The van der Waals surface area contributed by atoms with E-state index in [0.29, 0.717) is 28.3 Å². The molecule has 1 aliphatic carbocycles. The highest BCUT2D eigenvalue weighted by Gasteiger charge is 2.31. The fourth-order valence-electron chi connectivity index (χ4n) is 3.08. The Labute approximate surface area is 164 Å². The van der Waals surface area contributed by atoms with E-state index in [4.69, 9.17) is 0 Å². The SMILES string of the molecule is CCCCC[C@H](C)NC(=O)CSc1nnc(-c2ccccc2F)n1C1CC1. The van der Waals surface area contributed by atoms with Gasteiger partial charge in [0.25, 0.3) is 0 Å². The third kappa shape index (κ3) is 5.31. The minimum Gasteiger partial charge on any atom is -0.353 e. The van der Waals surface area contributed by atoms with E-state index in [1.165, 1.54) is 30.7 Å². The topological polar surface area (TPSA) is 59.8 Å². The number of rotatable bonds is 10. The van der Waals surface area contributed by atoms with Crippen molar-refractivity contribution < 1.29 is 9.18 Å². The van der Waals surface area contributed by atoms with Crippen LogP contribution in [0.3, 0.4) is 0 Å². The van der Waals surface area contributed by atoms with E-state index in [0.717, 1.165) is 25.7 Å². The lowest BCUT2D eigenvalue weighted by molar-refractivity contribution is -0.119. The summed E-state index contributed by atoms with van der Waals surface area (Å²) in [6.07, 6.45) is 6.57. The van der Waals surface area contributed by atoms with Gasteiger partial charge in [-0.25, -0.2) is 4.39 Å². The van der Waals surface area contributed by atoms with Crippen LogP contribution in [0.15, 0.2) is 29.4 Å². The maximum absolute atomic E-state index is 14.2. The van der Waals surface area contributed by atoms with Gasteiger partial charge in [0.1, 0.15) is 5.82 Å². The molecule has 1 N–H and O–H groups in total. The number of carbonyl (C=O) groups excluding carboxylic acids is 1. The number of halogens is 1. The number of carbonyl (C=O) groups is 1. The Morgan fingerprint density at radius 2 is 2.11 bits per heavy atom. The van der Waals surface area contributed by atoms with E-state index in [9.17, 15) is 9.18 Å². The van der Waals surface area contributed by atoms with E-state index in [-0.39, 0.29) is 17.8 Å². The Kier molecular flexibility index (Phi) is 6.88. The van der Waals surface area contributed by atoms with Crippen molar-refractivity contribution in [3.8, 4) is 11.4 Å². The molecule has 1 heterocycles. The number of nitrogens with one attached hydrogen (secondary N) is 1. The molecule has 27 heavy (non-hydrogen) atoms. The van der Waals surface area contributed by atoms with Gasteiger partial charge in [-0.2, -0.15) is 0 Å². The van der Waals surface area contributed by atoms with Crippen LogP contribution >= 0.6 is 11.8 Å². The van der Waals surface area contributed by atoms with E-state index in [1.807, 2.05) is 11.5 Å². The van der Waals surface area contributed by atoms with E-state index in [2.05, 4.69) is 22.4 Å². The third-order valence-corrected chi connectivity index (χ3v) is 5.61. The Balaban J connectivity index is 1.63. The zero-order valence-electron chi connectivity index (χ0n) is 15.9. The fraction of sp³-hybridized carbons (Fsp3) is 0.550. The van der Waals surface area contributed by atoms with Crippen LogP contribution < -0.4 is 5.32 Å². The summed E-state index contributed by atoms with van der Waals surface area (Å²) in [5.41, 5.74) is 0.456. The summed E-state index contributed by atoms with van der Waals surface area (Å²) in [7, 11) is 0. The normalized spacial score (nSPS) is 14.9. The van der Waals surface area contributed by atoms with Crippen LogP contribution in [0.25, 0.3) is 11.4 Å². The van der Waals surface area contributed by atoms with E-state index < -0.39 is 0 Å². The van der Waals surface area contributed by atoms with Crippen molar-refractivity contribution in [3.05, 3.63) is 30.1 Å². The number of thioether (sulfide) groups is 1. The van der Waals surface area contributed by atoms with Crippen LogP contribution in [0.5, 0.6) is 0 Å². The molecule has 1 amide bonds. The molecule has 0 aliphatic heterocycles. The molecule has 1 aliphatic rings. The zero-order valence-corrected chi connectivity index (χ0v) is 16.8. The summed E-state index contributed by atoms with van der Waals surface area (Å²) in [5.74, 6) is 0.537. The van der Waals surface area contributed by atoms with Gasteiger partial charge in [0.15, 0.2) is 11.0 Å². The molecule has 1 saturated carbocycles. The first-order chi connectivity index (χ1) is 13.1. The first-order valence-corrected chi connectivity index (χ1v) is 10.7. The predicted molar refractivity (Wildman–Crippen MR) is 106 cm³/mol. The maximum atomic E-state index is 14.2. The number of nitrogens with zero attached hydrogens (tertiary/aromatic N) is 3. The molecule has 0 unspecified atom stereocenters. The molecule has 2 aromatic rings. The van der Waals surface area contributed by atoms with E-state index >= 15 is 0 Å². The van der Waals surface area contributed by atoms with Crippen LogP contribution in [0.4, 0.5) is 4.39 Å². The predicted octanol–water partition coefficient (Wildman–Crippen LogP) is 4.60. The molecule has 1 aromatic carbocycles. The lowest BCUT2D eigenvalue weighted by atomic mass is 10.1. The highest BCUT2D eigenvalue weighted by molar-refractivity contribution is 7.99. The summed E-state index contributed by atoms with van der Waals surface area (Å²) in [6.45, 7) is 4.21. The van der Waals surface area contributed by atoms with Gasteiger partial charge in [0, 0.05) is 12.1 Å². The van der Waals surface area contributed by atoms with Crippen molar-refractivity contribution in [3.63, 3.8) is 0 Å². The Hall–Kier alpha value is -1.89. The van der Waals surface area contributed by atoms with Crippen molar-refractivity contribution >= 4 is 17.7 Å². The Bertz CT molecular complexity index is 775. The molecule has 1 aromatic heterocycles. The smallest absolute Gasteiger partial charge is 0.230 e. The first-order valence-electron chi connectivity index (χ1n) is 9.72. The minimum atomic E-state index is -0.304.